The topological polar surface area (TPSA) is 90.1 Å². The number of halogens is 2. The van der Waals surface area contributed by atoms with Gasteiger partial charge in [-0.1, -0.05) is 22.8 Å². The van der Waals surface area contributed by atoms with Gasteiger partial charge in [-0.3, -0.25) is 10.1 Å². The summed E-state index contributed by atoms with van der Waals surface area (Å²) in [5, 5.41) is 6.54. The van der Waals surface area contributed by atoms with E-state index in [4.69, 9.17) is 20.9 Å². The van der Waals surface area contributed by atoms with Crippen molar-refractivity contribution in [2.24, 2.45) is 0 Å². The number of carbonyl (C=O) groups is 1. The lowest BCUT2D eigenvalue weighted by molar-refractivity contribution is 0.101. The lowest BCUT2D eigenvalue weighted by atomic mass is 10.3. The Morgan fingerprint density at radius 2 is 2.17 bits per heavy atom. The van der Waals surface area contributed by atoms with Crippen LogP contribution in [0.3, 0.4) is 0 Å². The molecule has 1 amide bonds. The third-order valence-corrected chi connectivity index (χ3v) is 3.31. The number of rotatable bonds is 4. The van der Waals surface area contributed by atoms with Gasteiger partial charge in [-0.2, -0.15) is 0 Å². The molecule has 3 rings (SSSR count). The number of nitrogens with zero attached hydrogens (tertiary/aromatic N) is 3. The molecular weight excluding hydrogens is 435 g/mol. The van der Waals surface area contributed by atoms with E-state index in [1.165, 1.54) is 6.20 Å². The van der Waals surface area contributed by atoms with Crippen LogP contribution in [-0.4, -0.2) is 21.0 Å². The van der Waals surface area contributed by atoms with E-state index >= 15 is 0 Å². The standard InChI is InChI=1S/C14H8ClIN4O3/c15-10-6-8(4-5-17-10)22-12-3-1-2-9(18-12)14(21)19-13-7-11(16)20-23-13/h1-7H,(H,19,21). The van der Waals surface area contributed by atoms with E-state index in [1.807, 2.05) is 22.6 Å². The summed E-state index contributed by atoms with van der Waals surface area (Å²) in [4.78, 5) is 20.1. The minimum Gasteiger partial charge on any atom is -0.439 e. The molecule has 3 heterocycles. The Morgan fingerprint density at radius 3 is 2.91 bits per heavy atom. The molecule has 0 bridgehead atoms. The van der Waals surface area contributed by atoms with Crippen LogP contribution < -0.4 is 10.1 Å². The first-order valence-electron chi connectivity index (χ1n) is 6.30. The molecule has 0 aliphatic carbocycles. The Kier molecular flexibility index (Phi) is 4.72. The molecule has 3 aromatic heterocycles. The number of carbonyl (C=O) groups excluding carboxylic acids is 1. The summed E-state index contributed by atoms with van der Waals surface area (Å²) in [5.74, 6) is 0.538. The van der Waals surface area contributed by atoms with Gasteiger partial charge in [0.05, 0.1) is 0 Å². The number of hydrogen-bond donors (Lipinski definition) is 1. The molecule has 7 nitrogen and oxygen atoms in total. The zero-order valence-electron chi connectivity index (χ0n) is 11.4. The quantitative estimate of drug-likeness (QED) is 0.489. The van der Waals surface area contributed by atoms with Gasteiger partial charge in [0.25, 0.3) is 5.91 Å². The van der Waals surface area contributed by atoms with Crippen molar-refractivity contribution >= 4 is 46.0 Å². The Morgan fingerprint density at radius 1 is 1.30 bits per heavy atom. The monoisotopic (exact) mass is 442 g/mol. The molecule has 9 heteroatoms. The van der Waals surface area contributed by atoms with Crippen molar-refractivity contribution in [3.63, 3.8) is 0 Å². The van der Waals surface area contributed by atoms with Crippen LogP contribution in [0.25, 0.3) is 0 Å². The van der Waals surface area contributed by atoms with Crippen LogP contribution >= 0.6 is 34.2 Å². The molecule has 0 aliphatic heterocycles. The maximum atomic E-state index is 12.1. The van der Waals surface area contributed by atoms with Crippen LogP contribution in [0.2, 0.25) is 5.15 Å². The van der Waals surface area contributed by atoms with Crippen molar-refractivity contribution in [3.8, 4) is 11.6 Å². The SMILES string of the molecule is O=C(Nc1cc(I)no1)c1cccc(Oc2ccnc(Cl)c2)n1. The van der Waals surface area contributed by atoms with Gasteiger partial charge in [0.1, 0.15) is 20.3 Å². The van der Waals surface area contributed by atoms with Crippen molar-refractivity contribution < 1.29 is 14.1 Å². The molecule has 23 heavy (non-hydrogen) atoms. The number of hydrogen-bond acceptors (Lipinski definition) is 6. The maximum Gasteiger partial charge on any atom is 0.276 e. The molecule has 0 saturated heterocycles. The summed E-state index contributed by atoms with van der Waals surface area (Å²) in [6.07, 6.45) is 1.51. The highest BCUT2D eigenvalue weighted by atomic mass is 127. The molecule has 0 atom stereocenters. The van der Waals surface area contributed by atoms with Crippen LogP contribution in [0.15, 0.2) is 47.1 Å². The third-order valence-electron chi connectivity index (χ3n) is 2.59. The Balaban J connectivity index is 1.75. The molecule has 116 valence electrons. The largest absolute Gasteiger partial charge is 0.439 e. The van der Waals surface area contributed by atoms with Gasteiger partial charge in [0.15, 0.2) is 0 Å². The second-order valence-electron chi connectivity index (χ2n) is 4.25. The summed E-state index contributed by atoms with van der Waals surface area (Å²) in [5.41, 5.74) is 0.175. The molecule has 0 radical (unpaired) electrons. The van der Waals surface area contributed by atoms with Gasteiger partial charge in [0.2, 0.25) is 11.8 Å². The lowest BCUT2D eigenvalue weighted by Crippen LogP contribution is -2.13. The van der Waals surface area contributed by atoms with Crippen LogP contribution in [0.4, 0.5) is 5.88 Å². The number of anilines is 1. The van der Waals surface area contributed by atoms with Crippen LogP contribution in [-0.2, 0) is 0 Å². The van der Waals surface area contributed by atoms with Gasteiger partial charge in [0, 0.05) is 24.4 Å². The predicted octanol–water partition coefficient (Wildman–Crippen LogP) is 3.77. The Hall–Kier alpha value is -2.20. The molecule has 0 spiro atoms. The number of aromatic nitrogens is 3. The fourth-order valence-electron chi connectivity index (χ4n) is 1.66. The van der Waals surface area contributed by atoms with E-state index in [9.17, 15) is 4.79 Å². The van der Waals surface area contributed by atoms with Crippen molar-refractivity contribution in [2.75, 3.05) is 5.32 Å². The summed E-state index contributed by atoms with van der Waals surface area (Å²) in [7, 11) is 0. The average Bonchev–Trinajstić information content (AvgIpc) is 2.92. The smallest absolute Gasteiger partial charge is 0.276 e. The second-order valence-corrected chi connectivity index (χ2v) is 5.74. The number of amides is 1. The molecule has 0 aliphatic rings. The van der Waals surface area contributed by atoms with Gasteiger partial charge in [-0.25, -0.2) is 9.97 Å². The normalized spacial score (nSPS) is 10.3. The predicted molar refractivity (Wildman–Crippen MR) is 90.7 cm³/mol. The summed E-state index contributed by atoms with van der Waals surface area (Å²) in [6, 6.07) is 9.62. The zero-order chi connectivity index (χ0) is 16.2. The fraction of sp³-hybridized carbons (Fsp3) is 0. The van der Waals surface area contributed by atoms with Gasteiger partial charge < -0.3 is 9.26 Å². The first-order chi connectivity index (χ1) is 11.1. The van der Waals surface area contributed by atoms with E-state index in [-0.39, 0.29) is 17.5 Å². The highest BCUT2D eigenvalue weighted by molar-refractivity contribution is 14.1. The van der Waals surface area contributed by atoms with Gasteiger partial charge in [-0.05, 0) is 34.7 Å². The summed E-state index contributed by atoms with van der Waals surface area (Å²) >= 11 is 7.77. The zero-order valence-corrected chi connectivity index (χ0v) is 14.3. The second kappa shape index (κ2) is 6.92. The number of nitrogens with one attached hydrogen (secondary N) is 1. The first kappa shape index (κ1) is 15.7. The van der Waals surface area contributed by atoms with E-state index < -0.39 is 5.91 Å². The molecule has 0 fully saturated rings. The van der Waals surface area contributed by atoms with Crippen molar-refractivity contribution in [3.05, 3.63) is 57.1 Å². The van der Waals surface area contributed by atoms with E-state index in [0.29, 0.717) is 14.6 Å². The van der Waals surface area contributed by atoms with Crippen molar-refractivity contribution in [2.45, 2.75) is 0 Å². The van der Waals surface area contributed by atoms with Gasteiger partial charge in [-0.15, -0.1) is 0 Å². The van der Waals surface area contributed by atoms with Crippen LogP contribution in [0.5, 0.6) is 11.6 Å². The lowest BCUT2D eigenvalue weighted by Gasteiger charge is -2.06. The first-order valence-corrected chi connectivity index (χ1v) is 7.76. The van der Waals surface area contributed by atoms with E-state index in [1.54, 1.807) is 36.4 Å². The average molecular weight is 443 g/mol. The molecule has 0 unspecified atom stereocenters. The van der Waals surface area contributed by atoms with Crippen molar-refractivity contribution in [1.82, 2.24) is 15.1 Å². The molecule has 3 aromatic rings. The number of ether oxygens (including phenoxy) is 1. The van der Waals surface area contributed by atoms with Gasteiger partial charge >= 0.3 is 0 Å². The Bertz CT molecular complexity index is 855. The third kappa shape index (κ3) is 4.17. The minimum absolute atomic E-state index is 0.175. The van der Waals surface area contributed by atoms with Crippen molar-refractivity contribution in [1.29, 1.82) is 0 Å². The summed E-state index contributed by atoms with van der Waals surface area (Å²) in [6.45, 7) is 0. The highest BCUT2D eigenvalue weighted by Gasteiger charge is 2.12. The highest BCUT2D eigenvalue weighted by Crippen LogP contribution is 2.21. The van der Waals surface area contributed by atoms with Crippen LogP contribution in [0, 0.1) is 3.70 Å². The minimum atomic E-state index is -0.434. The summed E-state index contributed by atoms with van der Waals surface area (Å²) < 4.78 is 11.1. The fourth-order valence-corrected chi connectivity index (χ4v) is 2.20. The number of pyridine rings is 2. The van der Waals surface area contributed by atoms with E-state index in [2.05, 4.69) is 20.4 Å². The Labute approximate surface area is 149 Å². The molecule has 1 N–H and O–H groups in total. The molecular formula is C14H8ClIN4O3. The van der Waals surface area contributed by atoms with E-state index in [0.717, 1.165) is 0 Å². The molecule has 0 aromatic carbocycles. The maximum absolute atomic E-state index is 12.1. The molecule has 0 saturated carbocycles. The van der Waals surface area contributed by atoms with Crippen LogP contribution in [0.1, 0.15) is 10.5 Å².